The highest BCUT2D eigenvalue weighted by Crippen LogP contribution is 2.22. The van der Waals surface area contributed by atoms with E-state index in [2.05, 4.69) is 25.9 Å². The number of carbonyl (C=O) groups is 2. The smallest absolute Gasteiger partial charge is 0.252 e. The molecule has 2 amide bonds. The highest BCUT2D eigenvalue weighted by atomic mass is 16.2. The van der Waals surface area contributed by atoms with Gasteiger partial charge in [0.2, 0.25) is 11.7 Å². The van der Waals surface area contributed by atoms with E-state index in [-0.39, 0.29) is 11.9 Å². The van der Waals surface area contributed by atoms with Crippen LogP contribution in [0.15, 0.2) is 36.4 Å². The van der Waals surface area contributed by atoms with Gasteiger partial charge >= 0.3 is 0 Å². The first-order chi connectivity index (χ1) is 11.2. The lowest BCUT2D eigenvalue weighted by Crippen LogP contribution is -2.46. The first kappa shape index (κ1) is 14.9. The normalized spacial score (nSPS) is 20.2. The number of benzene rings is 1. The molecular weight excluding hydrogens is 296 g/mol. The van der Waals surface area contributed by atoms with Crippen molar-refractivity contribution < 1.29 is 9.59 Å². The fraction of sp³-hybridized carbons (Fsp3) is 0.267. The molecule has 118 valence electrons. The van der Waals surface area contributed by atoms with Crippen LogP contribution < -0.4 is 11.1 Å². The number of aromatic nitrogens is 4. The van der Waals surface area contributed by atoms with E-state index in [4.69, 9.17) is 5.73 Å². The summed E-state index contributed by atoms with van der Waals surface area (Å²) in [5, 5.41) is 16.6. The average molecular weight is 312 g/mol. The lowest BCUT2D eigenvalue weighted by molar-refractivity contribution is -0.122. The summed E-state index contributed by atoms with van der Waals surface area (Å²) >= 11 is 0. The molecular formula is C15H16N6O2. The van der Waals surface area contributed by atoms with Gasteiger partial charge in [-0.3, -0.25) is 9.59 Å². The fourth-order valence-electron chi connectivity index (χ4n) is 2.69. The van der Waals surface area contributed by atoms with Crippen molar-refractivity contribution in [1.82, 2.24) is 25.9 Å². The SMILES string of the molecule is NC(=O)[C@@H]1CC=CC[C@H]1NC(=O)c1ccccc1-c1nn[nH]n1. The largest absolute Gasteiger partial charge is 0.369 e. The maximum atomic E-state index is 12.6. The van der Waals surface area contributed by atoms with Crippen molar-refractivity contribution in [3.05, 3.63) is 42.0 Å². The van der Waals surface area contributed by atoms with Crippen LogP contribution in [0.25, 0.3) is 11.4 Å². The van der Waals surface area contributed by atoms with E-state index in [1.807, 2.05) is 12.2 Å². The van der Waals surface area contributed by atoms with Crippen molar-refractivity contribution in [2.75, 3.05) is 0 Å². The second-order valence-corrected chi connectivity index (χ2v) is 5.31. The van der Waals surface area contributed by atoms with Crippen molar-refractivity contribution >= 4 is 11.8 Å². The number of nitrogens with one attached hydrogen (secondary N) is 2. The molecule has 0 saturated carbocycles. The molecule has 0 spiro atoms. The number of tetrazole rings is 1. The maximum Gasteiger partial charge on any atom is 0.252 e. The molecule has 1 heterocycles. The minimum atomic E-state index is -0.411. The van der Waals surface area contributed by atoms with Gasteiger partial charge in [0.1, 0.15) is 0 Å². The standard InChI is InChI=1S/C15H16N6O2/c16-13(22)11-7-3-4-8-12(11)17-15(23)10-6-2-1-5-9(10)14-18-20-21-19-14/h1-6,11-12H,7-8H2,(H2,16,22)(H,17,23)(H,18,19,20,21)/t11-,12-/m1/s1. The van der Waals surface area contributed by atoms with Crippen LogP contribution in [0.5, 0.6) is 0 Å². The lowest BCUT2D eigenvalue weighted by Gasteiger charge is -2.27. The van der Waals surface area contributed by atoms with Gasteiger partial charge < -0.3 is 11.1 Å². The van der Waals surface area contributed by atoms with Crippen LogP contribution in [0.1, 0.15) is 23.2 Å². The predicted octanol–water partition coefficient (Wildman–Crippen LogP) is 0.417. The molecule has 1 aromatic heterocycles. The van der Waals surface area contributed by atoms with E-state index in [0.29, 0.717) is 29.8 Å². The average Bonchev–Trinajstić information content (AvgIpc) is 3.09. The van der Waals surface area contributed by atoms with Crippen LogP contribution in [-0.2, 0) is 4.79 Å². The van der Waals surface area contributed by atoms with E-state index in [1.165, 1.54) is 0 Å². The molecule has 3 rings (SSSR count). The van der Waals surface area contributed by atoms with Crippen LogP contribution >= 0.6 is 0 Å². The molecule has 1 aliphatic carbocycles. The van der Waals surface area contributed by atoms with Crippen molar-refractivity contribution in [1.29, 1.82) is 0 Å². The maximum absolute atomic E-state index is 12.6. The number of allylic oxidation sites excluding steroid dienone is 1. The van der Waals surface area contributed by atoms with E-state index < -0.39 is 11.8 Å². The van der Waals surface area contributed by atoms with E-state index in [1.54, 1.807) is 24.3 Å². The molecule has 0 radical (unpaired) electrons. The minimum Gasteiger partial charge on any atom is -0.369 e. The number of nitrogens with two attached hydrogens (primary N) is 1. The van der Waals surface area contributed by atoms with Crippen molar-refractivity contribution in [3.8, 4) is 11.4 Å². The third-order valence-corrected chi connectivity index (χ3v) is 3.87. The summed E-state index contributed by atoms with van der Waals surface area (Å²) in [6.07, 6.45) is 4.96. The molecule has 1 aliphatic rings. The third-order valence-electron chi connectivity index (χ3n) is 3.87. The number of H-pyrrole nitrogens is 1. The molecule has 0 fully saturated rings. The quantitative estimate of drug-likeness (QED) is 0.705. The second kappa shape index (κ2) is 6.39. The van der Waals surface area contributed by atoms with Gasteiger partial charge in [-0.2, -0.15) is 5.21 Å². The Morgan fingerprint density at radius 2 is 2.00 bits per heavy atom. The molecule has 2 aromatic rings. The van der Waals surface area contributed by atoms with Crippen molar-refractivity contribution in [3.63, 3.8) is 0 Å². The Morgan fingerprint density at radius 3 is 2.74 bits per heavy atom. The number of nitrogens with zero attached hydrogens (tertiary/aromatic N) is 3. The molecule has 8 heteroatoms. The Bertz CT molecular complexity index is 740. The number of hydrogen-bond donors (Lipinski definition) is 3. The van der Waals surface area contributed by atoms with Gasteiger partial charge in [-0.1, -0.05) is 30.4 Å². The zero-order chi connectivity index (χ0) is 16.2. The Balaban J connectivity index is 1.84. The van der Waals surface area contributed by atoms with Crippen LogP contribution in [0.2, 0.25) is 0 Å². The number of hydrogen-bond acceptors (Lipinski definition) is 5. The van der Waals surface area contributed by atoms with Gasteiger partial charge in [0, 0.05) is 11.6 Å². The summed E-state index contributed by atoms with van der Waals surface area (Å²) in [5.41, 5.74) is 6.42. The Hall–Kier alpha value is -3.03. The molecule has 0 aliphatic heterocycles. The molecule has 8 nitrogen and oxygen atoms in total. The minimum absolute atomic E-state index is 0.294. The number of amides is 2. The summed E-state index contributed by atoms with van der Waals surface area (Å²) in [7, 11) is 0. The van der Waals surface area contributed by atoms with Crippen molar-refractivity contribution in [2.45, 2.75) is 18.9 Å². The molecule has 23 heavy (non-hydrogen) atoms. The van der Waals surface area contributed by atoms with Gasteiger partial charge in [0.15, 0.2) is 0 Å². The first-order valence-electron chi connectivity index (χ1n) is 7.25. The van der Waals surface area contributed by atoms with Crippen LogP contribution in [-0.4, -0.2) is 38.5 Å². The lowest BCUT2D eigenvalue weighted by atomic mass is 9.88. The summed E-state index contributed by atoms with van der Waals surface area (Å²) in [6.45, 7) is 0. The van der Waals surface area contributed by atoms with Gasteiger partial charge in [0.25, 0.3) is 5.91 Å². The number of primary amides is 1. The zero-order valence-corrected chi connectivity index (χ0v) is 12.3. The van der Waals surface area contributed by atoms with Gasteiger partial charge in [-0.15, -0.1) is 10.2 Å². The molecule has 0 unspecified atom stereocenters. The number of aromatic amines is 1. The third kappa shape index (κ3) is 3.10. The zero-order valence-electron chi connectivity index (χ0n) is 12.3. The first-order valence-corrected chi connectivity index (χ1v) is 7.25. The fourth-order valence-corrected chi connectivity index (χ4v) is 2.69. The number of carbonyl (C=O) groups excluding carboxylic acids is 2. The van der Waals surface area contributed by atoms with E-state index in [0.717, 1.165) is 0 Å². The van der Waals surface area contributed by atoms with Gasteiger partial charge in [-0.25, -0.2) is 0 Å². The van der Waals surface area contributed by atoms with Crippen LogP contribution in [0, 0.1) is 5.92 Å². The Labute approximate surface area is 132 Å². The highest BCUT2D eigenvalue weighted by Gasteiger charge is 2.29. The van der Waals surface area contributed by atoms with Crippen molar-refractivity contribution in [2.24, 2.45) is 11.7 Å². The summed E-state index contributed by atoms with van der Waals surface area (Å²) in [5.74, 6) is -0.768. The van der Waals surface area contributed by atoms with Crippen LogP contribution in [0.3, 0.4) is 0 Å². The van der Waals surface area contributed by atoms with Crippen LogP contribution in [0.4, 0.5) is 0 Å². The van der Waals surface area contributed by atoms with Gasteiger partial charge in [0.05, 0.1) is 11.5 Å². The Kier molecular flexibility index (Phi) is 4.13. The second-order valence-electron chi connectivity index (χ2n) is 5.31. The summed E-state index contributed by atoms with van der Waals surface area (Å²) in [4.78, 5) is 24.2. The number of rotatable bonds is 4. The molecule has 2 atom stereocenters. The highest BCUT2D eigenvalue weighted by molar-refractivity contribution is 6.00. The summed E-state index contributed by atoms with van der Waals surface area (Å²) in [6, 6.07) is 6.65. The van der Waals surface area contributed by atoms with Gasteiger partial charge in [-0.05, 0) is 24.1 Å². The molecule has 4 N–H and O–H groups in total. The molecule has 1 aromatic carbocycles. The Morgan fingerprint density at radius 1 is 1.22 bits per heavy atom. The molecule has 0 bridgehead atoms. The molecule has 0 saturated heterocycles. The van der Waals surface area contributed by atoms with E-state index in [9.17, 15) is 9.59 Å². The van der Waals surface area contributed by atoms with E-state index >= 15 is 0 Å². The monoisotopic (exact) mass is 312 g/mol. The topological polar surface area (TPSA) is 127 Å². The summed E-state index contributed by atoms with van der Waals surface area (Å²) < 4.78 is 0. The predicted molar refractivity (Wildman–Crippen MR) is 81.9 cm³/mol.